The Bertz CT molecular complexity index is 256. The molecule has 0 aromatic rings. The van der Waals surface area contributed by atoms with Gasteiger partial charge in [0.05, 0.1) is 6.54 Å². The van der Waals surface area contributed by atoms with Crippen LogP contribution in [-0.2, 0) is 9.53 Å². The maximum Gasteiger partial charge on any atom is 0.234 e. The molecule has 17 heavy (non-hydrogen) atoms. The number of carbonyl (C=O) groups is 1. The van der Waals surface area contributed by atoms with Crippen LogP contribution in [0.15, 0.2) is 0 Å². The highest BCUT2D eigenvalue weighted by Gasteiger charge is 2.27. The highest BCUT2D eigenvalue weighted by molar-refractivity contribution is 5.78. The second-order valence-corrected chi connectivity index (χ2v) is 5.58. The molecule has 0 radical (unpaired) electrons. The van der Waals surface area contributed by atoms with Crippen LogP contribution in [0.4, 0.5) is 0 Å². The summed E-state index contributed by atoms with van der Waals surface area (Å²) in [5.41, 5.74) is 0.0747. The topological polar surface area (TPSA) is 50.4 Å². The molecular formula is C13H24N2O2. The van der Waals surface area contributed by atoms with E-state index in [1.165, 1.54) is 12.8 Å². The van der Waals surface area contributed by atoms with Crippen molar-refractivity contribution in [1.29, 1.82) is 0 Å². The maximum atomic E-state index is 11.8. The van der Waals surface area contributed by atoms with Gasteiger partial charge in [0.2, 0.25) is 5.91 Å². The SMILES string of the molecule is CC1(NCC(=O)NC2CCCC2)CCOCC1. The van der Waals surface area contributed by atoms with E-state index < -0.39 is 0 Å². The van der Waals surface area contributed by atoms with E-state index in [0.717, 1.165) is 38.9 Å². The monoisotopic (exact) mass is 240 g/mol. The number of rotatable bonds is 4. The molecule has 2 N–H and O–H groups in total. The van der Waals surface area contributed by atoms with Crippen LogP contribution in [0.5, 0.6) is 0 Å². The van der Waals surface area contributed by atoms with Crippen molar-refractivity contribution in [2.45, 2.75) is 57.0 Å². The molecule has 1 saturated heterocycles. The standard InChI is InChI=1S/C13H24N2O2/c1-13(6-8-17-9-7-13)14-10-12(16)15-11-4-2-3-5-11/h11,14H,2-10H2,1H3,(H,15,16). The molecule has 1 saturated carbocycles. The lowest BCUT2D eigenvalue weighted by molar-refractivity contribution is -0.121. The number of carbonyl (C=O) groups excluding carboxylic acids is 1. The Labute approximate surface area is 103 Å². The number of ether oxygens (including phenoxy) is 1. The number of hydrogen-bond donors (Lipinski definition) is 2. The van der Waals surface area contributed by atoms with Crippen LogP contribution in [-0.4, -0.2) is 37.2 Å². The Morgan fingerprint density at radius 3 is 2.59 bits per heavy atom. The Hall–Kier alpha value is -0.610. The van der Waals surface area contributed by atoms with E-state index >= 15 is 0 Å². The molecule has 2 fully saturated rings. The smallest absolute Gasteiger partial charge is 0.234 e. The Balaban J connectivity index is 1.67. The Morgan fingerprint density at radius 2 is 1.94 bits per heavy atom. The van der Waals surface area contributed by atoms with Crippen LogP contribution < -0.4 is 10.6 Å². The second-order valence-electron chi connectivity index (χ2n) is 5.58. The summed E-state index contributed by atoms with van der Waals surface area (Å²) in [6, 6.07) is 0.423. The Morgan fingerprint density at radius 1 is 1.29 bits per heavy atom. The highest BCUT2D eigenvalue weighted by atomic mass is 16.5. The predicted molar refractivity (Wildman–Crippen MR) is 66.9 cm³/mol. The zero-order chi connectivity index (χ0) is 12.1. The first-order valence-electron chi connectivity index (χ1n) is 6.80. The van der Waals surface area contributed by atoms with Gasteiger partial charge in [-0.25, -0.2) is 0 Å². The molecule has 0 atom stereocenters. The fourth-order valence-electron chi connectivity index (χ4n) is 2.64. The molecule has 2 rings (SSSR count). The average molecular weight is 240 g/mol. The van der Waals surface area contributed by atoms with Crippen LogP contribution in [0.25, 0.3) is 0 Å². The zero-order valence-corrected chi connectivity index (χ0v) is 10.8. The Kier molecular flexibility index (Phi) is 4.40. The quantitative estimate of drug-likeness (QED) is 0.776. The van der Waals surface area contributed by atoms with Gasteiger partial charge in [-0.15, -0.1) is 0 Å². The lowest BCUT2D eigenvalue weighted by Crippen LogP contribution is -2.51. The van der Waals surface area contributed by atoms with E-state index in [9.17, 15) is 4.79 Å². The van der Waals surface area contributed by atoms with E-state index in [2.05, 4.69) is 17.6 Å². The molecule has 1 aliphatic heterocycles. The summed E-state index contributed by atoms with van der Waals surface area (Å²) in [6.07, 6.45) is 6.79. The summed E-state index contributed by atoms with van der Waals surface area (Å²) in [5.74, 6) is 0.143. The average Bonchev–Trinajstić information content (AvgIpc) is 2.80. The maximum absolute atomic E-state index is 11.8. The van der Waals surface area contributed by atoms with Crippen molar-refractivity contribution in [3.05, 3.63) is 0 Å². The van der Waals surface area contributed by atoms with Crippen molar-refractivity contribution in [2.75, 3.05) is 19.8 Å². The molecule has 0 aromatic heterocycles. The van der Waals surface area contributed by atoms with Crippen molar-refractivity contribution in [3.63, 3.8) is 0 Å². The molecule has 98 valence electrons. The lowest BCUT2D eigenvalue weighted by atomic mass is 9.92. The third-order valence-electron chi connectivity index (χ3n) is 3.99. The highest BCUT2D eigenvalue weighted by Crippen LogP contribution is 2.19. The van der Waals surface area contributed by atoms with Gasteiger partial charge in [0.1, 0.15) is 0 Å². The number of hydrogen-bond acceptors (Lipinski definition) is 3. The van der Waals surface area contributed by atoms with E-state index in [1.54, 1.807) is 0 Å². The van der Waals surface area contributed by atoms with Gasteiger partial charge in [0, 0.05) is 24.8 Å². The molecule has 1 heterocycles. The molecular weight excluding hydrogens is 216 g/mol. The molecule has 1 aliphatic carbocycles. The van der Waals surface area contributed by atoms with Gasteiger partial charge in [0.25, 0.3) is 0 Å². The minimum absolute atomic E-state index is 0.0747. The van der Waals surface area contributed by atoms with Crippen LogP contribution in [0.1, 0.15) is 45.4 Å². The summed E-state index contributed by atoms with van der Waals surface area (Å²) in [4.78, 5) is 11.8. The molecule has 2 aliphatic rings. The van der Waals surface area contributed by atoms with E-state index in [4.69, 9.17) is 4.74 Å². The van der Waals surface area contributed by atoms with Crippen molar-refractivity contribution in [1.82, 2.24) is 10.6 Å². The molecule has 0 bridgehead atoms. The summed E-state index contributed by atoms with van der Waals surface area (Å²) in [6.45, 7) is 4.22. The van der Waals surface area contributed by atoms with Crippen molar-refractivity contribution in [2.24, 2.45) is 0 Å². The second kappa shape index (κ2) is 5.83. The number of nitrogens with one attached hydrogen (secondary N) is 2. The lowest BCUT2D eigenvalue weighted by Gasteiger charge is -2.34. The first-order valence-corrected chi connectivity index (χ1v) is 6.80. The first-order chi connectivity index (χ1) is 8.18. The third kappa shape index (κ3) is 3.96. The normalized spacial score (nSPS) is 24.8. The fourth-order valence-corrected chi connectivity index (χ4v) is 2.64. The molecule has 4 heteroatoms. The fraction of sp³-hybridized carbons (Fsp3) is 0.923. The largest absolute Gasteiger partial charge is 0.381 e. The molecule has 0 spiro atoms. The minimum atomic E-state index is 0.0747. The van der Waals surface area contributed by atoms with Crippen LogP contribution in [0.3, 0.4) is 0 Å². The van der Waals surface area contributed by atoms with Crippen molar-refractivity contribution >= 4 is 5.91 Å². The van der Waals surface area contributed by atoms with Crippen LogP contribution in [0, 0.1) is 0 Å². The molecule has 1 amide bonds. The summed E-state index contributed by atoms with van der Waals surface area (Å²) in [5, 5.41) is 6.48. The van der Waals surface area contributed by atoms with E-state index in [1.807, 2.05) is 0 Å². The predicted octanol–water partition coefficient (Wildman–Crippen LogP) is 1.20. The summed E-state index contributed by atoms with van der Waals surface area (Å²) in [7, 11) is 0. The molecule has 0 aromatic carbocycles. The van der Waals surface area contributed by atoms with Gasteiger partial charge in [-0.2, -0.15) is 0 Å². The van der Waals surface area contributed by atoms with E-state index in [0.29, 0.717) is 12.6 Å². The third-order valence-corrected chi connectivity index (χ3v) is 3.99. The van der Waals surface area contributed by atoms with Gasteiger partial charge < -0.3 is 15.4 Å². The minimum Gasteiger partial charge on any atom is -0.381 e. The van der Waals surface area contributed by atoms with Crippen molar-refractivity contribution in [3.8, 4) is 0 Å². The summed E-state index contributed by atoms with van der Waals surface area (Å²) >= 11 is 0. The number of amides is 1. The van der Waals surface area contributed by atoms with Gasteiger partial charge in [-0.1, -0.05) is 12.8 Å². The van der Waals surface area contributed by atoms with Gasteiger partial charge in [-0.05, 0) is 32.6 Å². The van der Waals surface area contributed by atoms with Gasteiger partial charge >= 0.3 is 0 Å². The van der Waals surface area contributed by atoms with Gasteiger partial charge in [0.15, 0.2) is 0 Å². The zero-order valence-electron chi connectivity index (χ0n) is 10.8. The summed E-state index contributed by atoms with van der Waals surface area (Å²) < 4.78 is 5.34. The molecule has 0 unspecified atom stereocenters. The van der Waals surface area contributed by atoms with Crippen molar-refractivity contribution < 1.29 is 9.53 Å². The van der Waals surface area contributed by atoms with Gasteiger partial charge in [-0.3, -0.25) is 4.79 Å². The van der Waals surface area contributed by atoms with Crippen LogP contribution in [0.2, 0.25) is 0 Å². The van der Waals surface area contributed by atoms with Crippen LogP contribution >= 0.6 is 0 Å². The molecule has 4 nitrogen and oxygen atoms in total. The van der Waals surface area contributed by atoms with E-state index in [-0.39, 0.29) is 11.4 Å². The first kappa shape index (κ1) is 12.8.